The number of nitrogens with one attached hydrogen (secondary N) is 1. The molecule has 20 heavy (non-hydrogen) atoms. The molecule has 0 bridgehead atoms. The second kappa shape index (κ2) is 5.52. The first-order valence-electron chi connectivity index (χ1n) is 7.24. The first-order chi connectivity index (χ1) is 9.35. The van der Waals surface area contributed by atoms with Crippen LogP contribution in [0.15, 0.2) is 18.2 Å². The fraction of sp³-hybridized carbons (Fsp3) is 0.625. The molecule has 0 spiro atoms. The average molecular weight is 278 g/mol. The van der Waals surface area contributed by atoms with Crippen LogP contribution in [0.2, 0.25) is 0 Å². The van der Waals surface area contributed by atoms with Gasteiger partial charge in [-0.05, 0) is 43.2 Å². The largest absolute Gasteiger partial charge is 0.495 e. The Balaban J connectivity index is 1.99. The summed E-state index contributed by atoms with van der Waals surface area (Å²) < 4.78 is 5.20. The zero-order valence-corrected chi connectivity index (χ0v) is 12.7. The average Bonchev–Trinajstić information content (AvgIpc) is 2.42. The van der Waals surface area contributed by atoms with E-state index in [-0.39, 0.29) is 0 Å². The number of ether oxygens (including phenoxy) is 1. The van der Waals surface area contributed by atoms with Gasteiger partial charge in [-0.3, -0.25) is 0 Å². The zero-order valence-electron chi connectivity index (χ0n) is 12.7. The van der Waals surface area contributed by atoms with Crippen LogP contribution in [0, 0.1) is 5.41 Å². The van der Waals surface area contributed by atoms with Crippen LogP contribution >= 0.6 is 0 Å². The molecule has 4 N–H and O–H groups in total. The summed E-state index contributed by atoms with van der Waals surface area (Å²) in [5.74, 6) is 0.659. The monoisotopic (exact) mass is 278 g/mol. The highest BCUT2D eigenvalue weighted by Crippen LogP contribution is 2.40. The van der Waals surface area contributed by atoms with Crippen molar-refractivity contribution in [3.63, 3.8) is 0 Å². The van der Waals surface area contributed by atoms with Crippen molar-refractivity contribution in [1.29, 1.82) is 0 Å². The molecule has 0 atom stereocenters. The van der Waals surface area contributed by atoms with E-state index in [0.29, 0.717) is 23.4 Å². The van der Waals surface area contributed by atoms with E-state index >= 15 is 0 Å². The summed E-state index contributed by atoms with van der Waals surface area (Å²) in [5, 5.41) is 13.9. The van der Waals surface area contributed by atoms with E-state index in [9.17, 15) is 5.11 Å². The SMILES string of the molecule is COc1cccc(NCC2(O)CCC(C)(C)CC2)c1N. The van der Waals surface area contributed by atoms with Crippen LogP contribution in [0.1, 0.15) is 39.5 Å². The van der Waals surface area contributed by atoms with E-state index < -0.39 is 5.60 Å². The number of methoxy groups -OCH3 is 1. The topological polar surface area (TPSA) is 67.5 Å². The Kier molecular flexibility index (Phi) is 4.14. The number of para-hydroxylation sites is 1. The Hall–Kier alpha value is -1.42. The summed E-state index contributed by atoms with van der Waals surface area (Å²) in [6, 6.07) is 5.64. The number of anilines is 2. The minimum Gasteiger partial charge on any atom is -0.495 e. The molecule has 0 unspecified atom stereocenters. The summed E-state index contributed by atoms with van der Waals surface area (Å²) in [6.45, 7) is 5.06. The van der Waals surface area contributed by atoms with E-state index in [1.54, 1.807) is 7.11 Å². The van der Waals surface area contributed by atoms with Gasteiger partial charge >= 0.3 is 0 Å². The number of hydrogen-bond acceptors (Lipinski definition) is 4. The molecule has 4 heteroatoms. The Morgan fingerprint density at radius 1 is 1.25 bits per heavy atom. The van der Waals surface area contributed by atoms with E-state index in [4.69, 9.17) is 10.5 Å². The number of nitrogen functional groups attached to an aromatic ring is 1. The zero-order chi connectivity index (χ0) is 14.8. The van der Waals surface area contributed by atoms with Gasteiger partial charge in [0.25, 0.3) is 0 Å². The molecule has 1 aliphatic carbocycles. The van der Waals surface area contributed by atoms with Crippen LogP contribution in [0.5, 0.6) is 5.75 Å². The third-order valence-electron chi connectivity index (χ3n) is 4.43. The van der Waals surface area contributed by atoms with Gasteiger partial charge in [-0.25, -0.2) is 0 Å². The lowest BCUT2D eigenvalue weighted by atomic mass is 9.71. The van der Waals surface area contributed by atoms with Crippen molar-refractivity contribution in [2.24, 2.45) is 5.41 Å². The smallest absolute Gasteiger partial charge is 0.143 e. The molecule has 1 aromatic carbocycles. The summed E-state index contributed by atoms with van der Waals surface area (Å²) in [5.41, 5.74) is 7.16. The van der Waals surface area contributed by atoms with Crippen LogP contribution in [0.3, 0.4) is 0 Å². The lowest BCUT2D eigenvalue weighted by Crippen LogP contribution is -2.42. The molecular weight excluding hydrogens is 252 g/mol. The Morgan fingerprint density at radius 2 is 1.90 bits per heavy atom. The maximum atomic E-state index is 10.6. The van der Waals surface area contributed by atoms with Crippen molar-refractivity contribution in [2.45, 2.75) is 45.1 Å². The molecule has 4 nitrogen and oxygen atoms in total. The predicted octanol–water partition coefficient (Wildman–Crippen LogP) is 3.02. The van der Waals surface area contributed by atoms with Gasteiger partial charge in [0.05, 0.1) is 24.1 Å². The minimum atomic E-state index is -0.634. The van der Waals surface area contributed by atoms with E-state index in [0.717, 1.165) is 31.4 Å². The molecule has 0 heterocycles. The molecule has 0 aliphatic heterocycles. The fourth-order valence-corrected chi connectivity index (χ4v) is 2.70. The van der Waals surface area contributed by atoms with Gasteiger partial charge < -0.3 is 20.9 Å². The van der Waals surface area contributed by atoms with E-state index in [2.05, 4.69) is 19.2 Å². The van der Waals surface area contributed by atoms with Crippen molar-refractivity contribution in [3.05, 3.63) is 18.2 Å². The predicted molar refractivity (Wildman–Crippen MR) is 83.1 cm³/mol. The van der Waals surface area contributed by atoms with Gasteiger partial charge in [0, 0.05) is 6.54 Å². The maximum Gasteiger partial charge on any atom is 0.143 e. The Morgan fingerprint density at radius 3 is 2.50 bits per heavy atom. The van der Waals surface area contributed by atoms with Gasteiger partial charge in [-0.1, -0.05) is 19.9 Å². The highest BCUT2D eigenvalue weighted by atomic mass is 16.5. The number of aliphatic hydroxyl groups is 1. The van der Waals surface area contributed by atoms with Crippen LogP contribution in [0.25, 0.3) is 0 Å². The molecular formula is C16H26N2O2. The van der Waals surface area contributed by atoms with Gasteiger partial charge in [0.2, 0.25) is 0 Å². The van der Waals surface area contributed by atoms with Gasteiger partial charge in [-0.15, -0.1) is 0 Å². The maximum absolute atomic E-state index is 10.6. The highest BCUT2D eigenvalue weighted by molar-refractivity contribution is 5.72. The van der Waals surface area contributed by atoms with Crippen molar-refractivity contribution in [2.75, 3.05) is 24.7 Å². The molecule has 112 valence electrons. The second-order valence-electron chi connectivity index (χ2n) is 6.66. The van der Waals surface area contributed by atoms with Crippen LogP contribution in [0.4, 0.5) is 11.4 Å². The second-order valence-corrected chi connectivity index (χ2v) is 6.66. The van der Waals surface area contributed by atoms with Gasteiger partial charge in [-0.2, -0.15) is 0 Å². The molecule has 1 saturated carbocycles. The molecule has 0 radical (unpaired) electrons. The summed E-state index contributed by atoms with van der Waals surface area (Å²) in [6.07, 6.45) is 3.77. The Labute approximate surface area is 121 Å². The van der Waals surface area contributed by atoms with Crippen molar-refractivity contribution >= 4 is 11.4 Å². The quantitative estimate of drug-likeness (QED) is 0.741. The van der Waals surface area contributed by atoms with E-state index in [1.807, 2.05) is 18.2 Å². The molecule has 0 aromatic heterocycles. The highest BCUT2D eigenvalue weighted by Gasteiger charge is 2.36. The molecule has 1 aliphatic rings. The molecule has 2 rings (SSSR count). The Bertz CT molecular complexity index is 462. The first kappa shape index (κ1) is 15.0. The summed E-state index contributed by atoms with van der Waals surface area (Å²) in [4.78, 5) is 0. The number of hydrogen-bond donors (Lipinski definition) is 3. The standard InChI is InChI=1S/C16H26N2O2/c1-15(2)7-9-16(19,10-8-15)11-18-12-5-4-6-13(20-3)14(12)17/h4-6,18-19H,7-11,17H2,1-3H3. The normalized spacial score (nSPS) is 20.4. The summed E-state index contributed by atoms with van der Waals surface area (Å²) >= 11 is 0. The van der Waals surface area contributed by atoms with Crippen molar-refractivity contribution < 1.29 is 9.84 Å². The lowest BCUT2D eigenvalue weighted by molar-refractivity contribution is -0.0145. The molecule has 0 saturated heterocycles. The van der Waals surface area contributed by atoms with Gasteiger partial charge in [0.15, 0.2) is 0 Å². The molecule has 1 aromatic rings. The van der Waals surface area contributed by atoms with Crippen molar-refractivity contribution in [1.82, 2.24) is 0 Å². The number of benzene rings is 1. The first-order valence-corrected chi connectivity index (χ1v) is 7.24. The molecule has 1 fully saturated rings. The third kappa shape index (κ3) is 3.37. The number of rotatable bonds is 4. The van der Waals surface area contributed by atoms with E-state index in [1.165, 1.54) is 0 Å². The van der Waals surface area contributed by atoms with Crippen molar-refractivity contribution in [3.8, 4) is 5.75 Å². The number of nitrogens with two attached hydrogens (primary N) is 1. The third-order valence-corrected chi connectivity index (χ3v) is 4.43. The summed E-state index contributed by atoms with van der Waals surface area (Å²) in [7, 11) is 1.60. The minimum absolute atomic E-state index is 0.348. The van der Waals surface area contributed by atoms with Crippen LogP contribution < -0.4 is 15.8 Å². The van der Waals surface area contributed by atoms with Crippen LogP contribution in [-0.2, 0) is 0 Å². The van der Waals surface area contributed by atoms with Gasteiger partial charge in [0.1, 0.15) is 5.75 Å². The fourth-order valence-electron chi connectivity index (χ4n) is 2.70. The lowest BCUT2D eigenvalue weighted by Gasteiger charge is -2.40. The molecule has 0 amide bonds. The van der Waals surface area contributed by atoms with Crippen LogP contribution in [-0.4, -0.2) is 24.4 Å².